The molecule has 0 radical (unpaired) electrons. The topological polar surface area (TPSA) is 21.3 Å². The summed E-state index contributed by atoms with van der Waals surface area (Å²) in [6.45, 7) is 4.55. The Morgan fingerprint density at radius 2 is 2.24 bits per heavy atom. The zero-order valence-electron chi connectivity index (χ0n) is 10.5. The second-order valence-electron chi connectivity index (χ2n) is 3.77. The Hall–Kier alpha value is -0.220. The summed E-state index contributed by atoms with van der Waals surface area (Å²) in [4.78, 5) is 1.25. The highest BCUT2D eigenvalue weighted by Gasteiger charge is 2.02. The number of ether oxygens (including phenoxy) is 1. The number of methoxy groups -OCH3 is 1. The van der Waals surface area contributed by atoms with Crippen molar-refractivity contribution in [3.63, 3.8) is 0 Å². The highest BCUT2D eigenvalue weighted by atomic mass is 35.5. The maximum Gasteiger partial charge on any atom is 0.0587 e. The van der Waals surface area contributed by atoms with Crippen molar-refractivity contribution in [2.45, 2.75) is 24.8 Å². The van der Waals surface area contributed by atoms with Gasteiger partial charge in [-0.25, -0.2) is 0 Å². The third-order valence-corrected chi connectivity index (χ3v) is 3.85. The molecule has 0 bridgehead atoms. The minimum absolute atomic E-state index is 0.724. The quantitative estimate of drug-likeness (QED) is 0.578. The van der Waals surface area contributed by atoms with Gasteiger partial charge in [0.25, 0.3) is 0 Å². The molecule has 1 N–H and O–H groups in total. The van der Waals surface area contributed by atoms with Crippen molar-refractivity contribution < 1.29 is 4.74 Å². The van der Waals surface area contributed by atoms with E-state index in [9.17, 15) is 0 Å². The molecule has 0 aliphatic carbocycles. The van der Waals surface area contributed by atoms with Crippen LogP contribution in [-0.4, -0.2) is 26.0 Å². The minimum Gasteiger partial charge on any atom is -0.383 e. The molecule has 2 nitrogen and oxygen atoms in total. The molecular weight excluding hydrogens is 254 g/mol. The molecule has 0 amide bonds. The fourth-order valence-corrected chi connectivity index (χ4v) is 2.50. The number of hydrogen-bond acceptors (Lipinski definition) is 3. The highest BCUT2D eigenvalue weighted by molar-refractivity contribution is 7.99. The van der Waals surface area contributed by atoms with E-state index in [0.717, 1.165) is 36.0 Å². The molecule has 1 rings (SSSR count). The van der Waals surface area contributed by atoms with Crippen molar-refractivity contribution in [3.8, 4) is 0 Å². The first-order valence-electron chi connectivity index (χ1n) is 5.88. The van der Waals surface area contributed by atoms with Gasteiger partial charge in [-0.2, -0.15) is 0 Å². The second-order valence-corrected chi connectivity index (χ2v) is 5.35. The lowest BCUT2D eigenvalue weighted by atomic mass is 10.2. The summed E-state index contributed by atoms with van der Waals surface area (Å²) in [6.07, 6.45) is 1.18. The van der Waals surface area contributed by atoms with Crippen molar-refractivity contribution in [1.29, 1.82) is 0 Å². The first-order chi connectivity index (χ1) is 8.27. The monoisotopic (exact) mass is 273 g/mol. The molecule has 1 aromatic carbocycles. The average molecular weight is 274 g/mol. The molecule has 17 heavy (non-hydrogen) atoms. The van der Waals surface area contributed by atoms with Crippen LogP contribution in [0.5, 0.6) is 0 Å². The van der Waals surface area contributed by atoms with Crippen LogP contribution in [-0.2, 0) is 11.3 Å². The van der Waals surface area contributed by atoms with Crippen molar-refractivity contribution >= 4 is 23.4 Å². The Balaban J connectivity index is 2.45. The van der Waals surface area contributed by atoms with E-state index in [2.05, 4.69) is 30.4 Å². The van der Waals surface area contributed by atoms with E-state index >= 15 is 0 Å². The summed E-state index contributed by atoms with van der Waals surface area (Å²) in [7, 11) is 1.70. The van der Waals surface area contributed by atoms with Gasteiger partial charge >= 0.3 is 0 Å². The van der Waals surface area contributed by atoms with Gasteiger partial charge in [0.05, 0.1) is 6.61 Å². The van der Waals surface area contributed by atoms with Crippen LogP contribution in [0.2, 0.25) is 5.02 Å². The fourth-order valence-electron chi connectivity index (χ4n) is 1.38. The van der Waals surface area contributed by atoms with Gasteiger partial charge in [-0.05, 0) is 29.9 Å². The van der Waals surface area contributed by atoms with Gasteiger partial charge in [0.1, 0.15) is 0 Å². The van der Waals surface area contributed by atoms with Gasteiger partial charge in [0.15, 0.2) is 0 Å². The molecule has 0 unspecified atom stereocenters. The molecule has 4 heteroatoms. The van der Waals surface area contributed by atoms with Crippen LogP contribution < -0.4 is 5.32 Å². The number of halogens is 1. The van der Waals surface area contributed by atoms with Crippen LogP contribution in [0.4, 0.5) is 0 Å². The molecule has 0 atom stereocenters. The molecule has 0 aromatic heterocycles. The Bertz CT molecular complexity index is 333. The van der Waals surface area contributed by atoms with Gasteiger partial charge in [-0.1, -0.05) is 24.6 Å². The summed E-state index contributed by atoms with van der Waals surface area (Å²) >= 11 is 8.09. The highest BCUT2D eigenvalue weighted by Crippen LogP contribution is 2.25. The Kier molecular flexibility index (Phi) is 7.69. The number of nitrogens with one attached hydrogen (secondary N) is 1. The third kappa shape index (κ3) is 5.77. The summed E-state index contributed by atoms with van der Waals surface area (Å²) in [5.74, 6) is 1.14. The molecule has 0 aliphatic rings. The largest absolute Gasteiger partial charge is 0.383 e. The van der Waals surface area contributed by atoms with E-state index in [-0.39, 0.29) is 0 Å². The van der Waals surface area contributed by atoms with Crippen molar-refractivity contribution in [1.82, 2.24) is 5.32 Å². The van der Waals surface area contributed by atoms with E-state index < -0.39 is 0 Å². The molecule has 0 saturated carbocycles. The predicted octanol–water partition coefficient (Wildman–Crippen LogP) is 3.58. The minimum atomic E-state index is 0.724. The molecular formula is C13H20ClNOS. The maximum atomic E-state index is 6.24. The normalized spacial score (nSPS) is 10.8. The predicted molar refractivity (Wildman–Crippen MR) is 76.0 cm³/mol. The van der Waals surface area contributed by atoms with Gasteiger partial charge in [-0.3, -0.25) is 0 Å². The lowest BCUT2D eigenvalue weighted by Crippen LogP contribution is -2.18. The number of rotatable bonds is 8. The molecule has 0 saturated heterocycles. The Morgan fingerprint density at radius 1 is 1.41 bits per heavy atom. The van der Waals surface area contributed by atoms with Crippen LogP contribution in [0.15, 0.2) is 23.1 Å². The molecule has 96 valence electrons. The number of thioether (sulfide) groups is 1. The van der Waals surface area contributed by atoms with E-state index in [1.807, 2.05) is 11.8 Å². The zero-order valence-corrected chi connectivity index (χ0v) is 12.0. The van der Waals surface area contributed by atoms with E-state index in [4.69, 9.17) is 16.3 Å². The lowest BCUT2D eigenvalue weighted by molar-refractivity contribution is 0.199. The summed E-state index contributed by atoms with van der Waals surface area (Å²) < 4.78 is 4.97. The first kappa shape index (κ1) is 14.8. The molecule has 0 fully saturated rings. The zero-order chi connectivity index (χ0) is 12.5. The van der Waals surface area contributed by atoms with Gasteiger partial charge < -0.3 is 10.1 Å². The lowest BCUT2D eigenvalue weighted by Gasteiger charge is -2.08. The standard InChI is InChI=1S/C13H20ClNOS/c1-3-8-17-12-5-4-11(13(14)9-12)10-15-6-7-16-2/h4-5,9,15H,3,6-8,10H2,1-2H3. The van der Waals surface area contributed by atoms with Crippen LogP contribution in [0.1, 0.15) is 18.9 Å². The summed E-state index contributed by atoms with van der Waals surface area (Å²) in [6, 6.07) is 6.29. The van der Waals surface area contributed by atoms with Crippen molar-refractivity contribution in [2.75, 3.05) is 26.0 Å². The van der Waals surface area contributed by atoms with Crippen LogP contribution in [0.3, 0.4) is 0 Å². The number of hydrogen-bond donors (Lipinski definition) is 1. The molecule has 0 spiro atoms. The molecule has 0 heterocycles. The molecule has 1 aromatic rings. The smallest absolute Gasteiger partial charge is 0.0587 e. The Labute approximate surface area is 113 Å². The second kappa shape index (κ2) is 8.81. The van der Waals surface area contributed by atoms with E-state index in [1.165, 1.54) is 11.3 Å². The summed E-state index contributed by atoms with van der Waals surface area (Å²) in [5.41, 5.74) is 1.14. The van der Waals surface area contributed by atoms with Gasteiger partial charge in [0.2, 0.25) is 0 Å². The average Bonchev–Trinajstić information content (AvgIpc) is 2.34. The van der Waals surface area contributed by atoms with Gasteiger partial charge in [0, 0.05) is 30.1 Å². The maximum absolute atomic E-state index is 6.24. The first-order valence-corrected chi connectivity index (χ1v) is 7.25. The van der Waals surface area contributed by atoms with E-state index in [0.29, 0.717) is 0 Å². The Morgan fingerprint density at radius 3 is 2.88 bits per heavy atom. The van der Waals surface area contributed by atoms with E-state index in [1.54, 1.807) is 7.11 Å². The van der Waals surface area contributed by atoms with Crippen molar-refractivity contribution in [2.24, 2.45) is 0 Å². The SMILES string of the molecule is CCCSc1ccc(CNCCOC)c(Cl)c1. The fraction of sp³-hybridized carbons (Fsp3) is 0.538. The van der Waals surface area contributed by atoms with Crippen LogP contribution in [0, 0.1) is 0 Å². The molecule has 0 aliphatic heterocycles. The number of benzene rings is 1. The van der Waals surface area contributed by atoms with Gasteiger partial charge in [-0.15, -0.1) is 11.8 Å². The van der Waals surface area contributed by atoms with Crippen LogP contribution >= 0.6 is 23.4 Å². The van der Waals surface area contributed by atoms with Crippen LogP contribution in [0.25, 0.3) is 0 Å². The third-order valence-electron chi connectivity index (χ3n) is 2.30. The van der Waals surface area contributed by atoms with Crippen molar-refractivity contribution in [3.05, 3.63) is 28.8 Å². The summed E-state index contributed by atoms with van der Waals surface area (Å²) in [5, 5.41) is 4.13.